The maximum Gasteiger partial charge on any atom is 0.414 e. The molecule has 0 saturated carbocycles. The van der Waals surface area contributed by atoms with Crippen molar-refractivity contribution in [3.05, 3.63) is 41.5 Å². The predicted octanol–water partition coefficient (Wildman–Crippen LogP) is 1.96. The quantitative estimate of drug-likeness (QED) is 0.551. The Balaban J connectivity index is 2.89. The van der Waals surface area contributed by atoms with E-state index in [1.54, 1.807) is 0 Å². The molecule has 0 fully saturated rings. The largest absolute Gasteiger partial charge is 0.446 e. The average Bonchev–Trinajstić information content (AvgIpc) is 2.27. The van der Waals surface area contributed by atoms with Crippen LogP contribution in [-0.2, 0) is 4.74 Å². The van der Waals surface area contributed by atoms with Crippen molar-refractivity contribution in [1.82, 2.24) is 0 Å². The molecule has 1 aromatic rings. The van der Waals surface area contributed by atoms with E-state index >= 15 is 0 Å². The van der Waals surface area contributed by atoms with E-state index in [4.69, 9.17) is 0 Å². The van der Waals surface area contributed by atoms with E-state index in [2.05, 4.69) is 11.8 Å². The second-order valence-electron chi connectivity index (χ2n) is 2.74. The third-order valence-corrected chi connectivity index (χ3v) is 1.85. The van der Waals surface area contributed by atoms with Gasteiger partial charge in [-0.05, 0) is 12.1 Å². The lowest BCUT2D eigenvalue weighted by Gasteiger charge is -2.14. The Labute approximate surface area is 86.2 Å². The Hall–Kier alpha value is -2.11. The number of nitro groups is 1. The van der Waals surface area contributed by atoms with Crippen molar-refractivity contribution in [3.8, 4) is 0 Å². The Kier molecular flexibility index (Phi) is 3.22. The zero-order valence-corrected chi connectivity index (χ0v) is 8.04. The van der Waals surface area contributed by atoms with Crippen LogP contribution >= 0.6 is 0 Å². The molecule has 0 aliphatic carbocycles. The van der Waals surface area contributed by atoms with Gasteiger partial charge in [-0.2, -0.15) is 0 Å². The second kappa shape index (κ2) is 4.41. The highest BCUT2D eigenvalue weighted by atomic mass is 16.6. The van der Waals surface area contributed by atoms with E-state index in [-0.39, 0.29) is 5.69 Å². The van der Waals surface area contributed by atoms with Crippen molar-refractivity contribution in [2.45, 2.75) is 0 Å². The highest BCUT2D eigenvalue weighted by Crippen LogP contribution is 2.18. The zero-order valence-electron chi connectivity index (χ0n) is 8.04. The predicted molar refractivity (Wildman–Crippen MR) is 53.3 cm³/mol. The first-order valence-electron chi connectivity index (χ1n) is 4.00. The first-order chi connectivity index (χ1) is 7.06. The molecule has 1 rings (SSSR count). The summed E-state index contributed by atoms with van der Waals surface area (Å²) in [6.07, 6.45) is -0.635. The van der Waals surface area contributed by atoms with Crippen molar-refractivity contribution in [2.75, 3.05) is 11.9 Å². The number of amides is 1. The smallest absolute Gasteiger partial charge is 0.414 e. The van der Waals surface area contributed by atoms with E-state index in [9.17, 15) is 14.9 Å². The summed E-state index contributed by atoms with van der Waals surface area (Å²) in [5.41, 5.74) is 0.462. The molecule has 0 aliphatic rings. The van der Waals surface area contributed by atoms with Gasteiger partial charge in [0.05, 0.1) is 4.92 Å². The molecule has 6 heteroatoms. The summed E-state index contributed by atoms with van der Waals surface area (Å²) in [5, 5.41) is 10.4. The fourth-order valence-electron chi connectivity index (χ4n) is 1.00. The van der Waals surface area contributed by atoms with Gasteiger partial charge in [0.1, 0.15) is 7.11 Å². The molecular formula is C9H9N2O4. The molecule has 0 unspecified atom stereocenters. The Morgan fingerprint density at radius 3 is 2.40 bits per heavy atom. The standard InChI is InChI=1S/C9H9N2O4/c1-10(9(12)15-2)7-3-5-8(6-4-7)11(13)14/h3-6H,2H2,1H3. The van der Waals surface area contributed by atoms with Gasteiger partial charge in [0.2, 0.25) is 0 Å². The van der Waals surface area contributed by atoms with Gasteiger partial charge >= 0.3 is 6.09 Å². The lowest BCUT2D eigenvalue weighted by atomic mass is 10.3. The number of carbonyl (C=O) groups excluding carboxylic acids is 1. The van der Waals surface area contributed by atoms with Crippen molar-refractivity contribution in [2.24, 2.45) is 0 Å². The summed E-state index contributed by atoms with van der Waals surface area (Å²) in [5.74, 6) is 0. The van der Waals surface area contributed by atoms with Crippen LogP contribution < -0.4 is 4.90 Å². The van der Waals surface area contributed by atoms with Crippen molar-refractivity contribution in [1.29, 1.82) is 0 Å². The van der Waals surface area contributed by atoms with E-state index in [1.807, 2.05) is 0 Å². The summed E-state index contributed by atoms with van der Waals surface area (Å²) < 4.78 is 4.25. The van der Waals surface area contributed by atoms with Gasteiger partial charge in [0.25, 0.3) is 5.69 Å². The molecule has 0 aromatic heterocycles. The number of carbonyl (C=O) groups is 1. The fourth-order valence-corrected chi connectivity index (χ4v) is 1.00. The molecule has 0 spiro atoms. The van der Waals surface area contributed by atoms with Crippen LogP contribution in [0.2, 0.25) is 0 Å². The number of benzene rings is 1. The summed E-state index contributed by atoms with van der Waals surface area (Å²) >= 11 is 0. The molecule has 0 heterocycles. The van der Waals surface area contributed by atoms with Crippen molar-refractivity contribution >= 4 is 17.5 Å². The van der Waals surface area contributed by atoms with Crippen LogP contribution in [0.5, 0.6) is 0 Å². The van der Waals surface area contributed by atoms with Gasteiger partial charge in [-0.25, -0.2) is 4.79 Å². The summed E-state index contributed by atoms with van der Waals surface area (Å²) in [6, 6.07) is 5.52. The Morgan fingerprint density at radius 2 is 2.00 bits per heavy atom. The van der Waals surface area contributed by atoms with Crippen LogP contribution in [0.3, 0.4) is 0 Å². The average molecular weight is 209 g/mol. The molecule has 0 saturated heterocycles. The second-order valence-corrected chi connectivity index (χ2v) is 2.74. The van der Waals surface area contributed by atoms with Crippen molar-refractivity contribution < 1.29 is 14.5 Å². The number of hydrogen-bond donors (Lipinski definition) is 0. The maximum absolute atomic E-state index is 11.0. The lowest BCUT2D eigenvalue weighted by Crippen LogP contribution is -2.25. The Morgan fingerprint density at radius 1 is 1.47 bits per heavy atom. The molecule has 6 nitrogen and oxygen atoms in total. The van der Waals surface area contributed by atoms with Crippen molar-refractivity contribution in [3.63, 3.8) is 0 Å². The number of nitro benzene ring substituents is 1. The number of nitrogens with zero attached hydrogens (tertiary/aromatic N) is 2. The van der Waals surface area contributed by atoms with Gasteiger partial charge in [0.15, 0.2) is 0 Å². The molecule has 0 N–H and O–H groups in total. The number of anilines is 1. The number of ether oxygens (including phenoxy) is 1. The highest BCUT2D eigenvalue weighted by Gasteiger charge is 2.12. The SMILES string of the molecule is [CH2]OC(=O)N(C)c1ccc([N+](=O)[O-])cc1. The van der Waals surface area contributed by atoms with E-state index < -0.39 is 11.0 Å². The first-order valence-corrected chi connectivity index (χ1v) is 4.00. The summed E-state index contributed by atoms with van der Waals surface area (Å²) in [6.45, 7) is 0. The van der Waals surface area contributed by atoms with E-state index in [0.717, 1.165) is 0 Å². The molecule has 1 amide bonds. The summed E-state index contributed by atoms with van der Waals surface area (Å²) in [4.78, 5) is 22.1. The third-order valence-electron chi connectivity index (χ3n) is 1.85. The van der Waals surface area contributed by atoms with Gasteiger partial charge in [0, 0.05) is 24.9 Å². The monoisotopic (exact) mass is 209 g/mol. The van der Waals surface area contributed by atoms with Crippen LogP contribution in [0.1, 0.15) is 0 Å². The molecule has 0 atom stereocenters. The molecule has 1 radical (unpaired) electrons. The minimum atomic E-state index is -0.635. The Bertz CT molecular complexity index is 374. The molecule has 15 heavy (non-hydrogen) atoms. The topological polar surface area (TPSA) is 72.7 Å². The van der Waals surface area contributed by atoms with Crippen LogP contribution in [0.4, 0.5) is 16.2 Å². The number of non-ortho nitro benzene ring substituents is 1. The van der Waals surface area contributed by atoms with Gasteiger partial charge in [-0.1, -0.05) is 0 Å². The minimum Gasteiger partial charge on any atom is -0.446 e. The highest BCUT2D eigenvalue weighted by molar-refractivity contribution is 5.87. The molecule has 79 valence electrons. The molecular weight excluding hydrogens is 200 g/mol. The number of hydrogen-bond acceptors (Lipinski definition) is 4. The zero-order chi connectivity index (χ0) is 11.4. The first kappa shape index (κ1) is 11.0. The van der Waals surface area contributed by atoms with Gasteiger partial charge < -0.3 is 4.74 Å². The third kappa shape index (κ3) is 2.43. The maximum atomic E-state index is 11.0. The van der Waals surface area contributed by atoms with Gasteiger partial charge in [-0.15, -0.1) is 0 Å². The lowest BCUT2D eigenvalue weighted by molar-refractivity contribution is -0.384. The van der Waals surface area contributed by atoms with Gasteiger partial charge in [-0.3, -0.25) is 15.0 Å². The summed E-state index contributed by atoms with van der Waals surface area (Å²) in [7, 11) is 4.46. The normalized spacial score (nSPS) is 9.47. The van der Waals surface area contributed by atoms with Crippen LogP contribution in [0, 0.1) is 17.2 Å². The molecule has 0 bridgehead atoms. The number of rotatable bonds is 2. The molecule has 0 aliphatic heterocycles. The van der Waals surface area contributed by atoms with Crippen LogP contribution in [0.25, 0.3) is 0 Å². The van der Waals surface area contributed by atoms with Crippen LogP contribution in [0.15, 0.2) is 24.3 Å². The minimum absolute atomic E-state index is 0.0323. The fraction of sp³-hybridized carbons (Fsp3) is 0.111. The van der Waals surface area contributed by atoms with E-state index in [0.29, 0.717) is 5.69 Å². The van der Waals surface area contributed by atoms with Crippen LogP contribution in [-0.4, -0.2) is 18.1 Å². The molecule has 1 aromatic carbocycles. The van der Waals surface area contributed by atoms with E-state index in [1.165, 1.54) is 36.2 Å².